The van der Waals surface area contributed by atoms with E-state index in [9.17, 15) is 5.26 Å². The van der Waals surface area contributed by atoms with Crippen LogP contribution in [0.1, 0.15) is 25.8 Å². The average molecular weight is 289 g/mol. The van der Waals surface area contributed by atoms with E-state index in [0.717, 1.165) is 25.1 Å². The van der Waals surface area contributed by atoms with Crippen molar-refractivity contribution in [1.29, 1.82) is 5.26 Å². The van der Waals surface area contributed by atoms with Crippen LogP contribution in [-0.4, -0.2) is 44.2 Å². The molecular weight excluding hydrogens is 262 g/mol. The standard InChI is InChI=1S/C17H27N3O/c1-14(12-15-8-6-7-9-16(15)21-5)20(4)11-10-17(2,13-18)19-3/h6-9,14,19H,10-12H2,1-5H3. The van der Waals surface area contributed by atoms with Gasteiger partial charge in [-0.15, -0.1) is 0 Å². The normalized spacial score (nSPS) is 15.3. The molecule has 21 heavy (non-hydrogen) atoms. The molecule has 2 atom stereocenters. The molecule has 0 aliphatic carbocycles. The topological polar surface area (TPSA) is 48.3 Å². The molecule has 0 aliphatic rings. The zero-order valence-electron chi connectivity index (χ0n) is 13.8. The van der Waals surface area contributed by atoms with Gasteiger partial charge >= 0.3 is 0 Å². The Morgan fingerprint density at radius 3 is 2.67 bits per heavy atom. The Hall–Kier alpha value is -1.57. The Morgan fingerprint density at radius 2 is 2.10 bits per heavy atom. The van der Waals surface area contributed by atoms with Crippen LogP contribution in [-0.2, 0) is 6.42 Å². The van der Waals surface area contributed by atoms with E-state index in [2.05, 4.69) is 36.3 Å². The van der Waals surface area contributed by atoms with Gasteiger partial charge in [-0.1, -0.05) is 18.2 Å². The van der Waals surface area contributed by atoms with Crippen molar-refractivity contribution in [1.82, 2.24) is 10.2 Å². The summed E-state index contributed by atoms with van der Waals surface area (Å²) < 4.78 is 5.40. The molecule has 0 amide bonds. The van der Waals surface area contributed by atoms with E-state index in [1.165, 1.54) is 5.56 Å². The number of hydrogen-bond donors (Lipinski definition) is 1. The fourth-order valence-electron chi connectivity index (χ4n) is 2.20. The zero-order chi connectivity index (χ0) is 15.9. The first-order chi connectivity index (χ1) is 9.95. The Morgan fingerprint density at radius 1 is 1.43 bits per heavy atom. The smallest absolute Gasteiger partial charge is 0.122 e. The molecule has 116 valence electrons. The molecule has 1 N–H and O–H groups in total. The molecule has 0 heterocycles. The summed E-state index contributed by atoms with van der Waals surface area (Å²) in [6.45, 7) is 5.02. The fraction of sp³-hybridized carbons (Fsp3) is 0.588. The van der Waals surface area contributed by atoms with E-state index in [1.807, 2.05) is 32.2 Å². The lowest BCUT2D eigenvalue weighted by Crippen LogP contribution is -2.42. The van der Waals surface area contributed by atoms with Gasteiger partial charge in [0, 0.05) is 12.6 Å². The first-order valence-corrected chi connectivity index (χ1v) is 7.38. The molecule has 0 spiro atoms. The van der Waals surface area contributed by atoms with E-state index >= 15 is 0 Å². The first-order valence-electron chi connectivity index (χ1n) is 7.38. The van der Waals surface area contributed by atoms with E-state index in [4.69, 9.17) is 4.74 Å². The fourth-order valence-corrected chi connectivity index (χ4v) is 2.20. The molecule has 0 saturated heterocycles. The van der Waals surface area contributed by atoms with Gasteiger partial charge in [-0.3, -0.25) is 0 Å². The molecular formula is C17H27N3O. The molecule has 1 rings (SSSR count). The van der Waals surface area contributed by atoms with Crippen molar-refractivity contribution in [2.24, 2.45) is 0 Å². The summed E-state index contributed by atoms with van der Waals surface area (Å²) in [5, 5.41) is 12.3. The van der Waals surface area contributed by atoms with Crippen LogP contribution >= 0.6 is 0 Å². The van der Waals surface area contributed by atoms with Crippen LogP contribution in [0.25, 0.3) is 0 Å². The first kappa shape index (κ1) is 17.5. The lowest BCUT2D eigenvalue weighted by atomic mass is 9.99. The predicted molar refractivity (Wildman–Crippen MR) is 86.5 cm³/mol. The van der Waals surface area contributed by atoms with Crippen LogP contribution in [0.5, 0.6) is 5.75 Å². The monoisotopic (exact) mass is 289 g/mol. The lowest BCUT2D eigenvalue weighted by molar-refractivity contribution is 0.232. The van der Waals surface area contributed by atoms with Crippen LogP contribution in [0.2, 0.25) is 0 Å². The largest absolute Gasteiger partial charge is 0.496 e. The van der Waals surface area contributed by atoms with Gasteiger partial charge in [-0.05, 0) is 52.4 Å². The number of methoxy groups -OCH3 is 1. The number of nitriles is 1. The molecule has 2 unspecified atom stereocenters. The molecule has 4 heteroatoms. The van der Waals surface area contributed by atoms with Crippen molar-refractivity contribution in [3.63, 3.8) is 0 Å². The van der Waals surface area contributed by atoms with Crippen LogP contribution in [0.4, 0.5) is 0 Å². The average Bonchev–Trinajstić information content (AvgIpc) is 2.52. The van der Waals surface area contributed by atoms with Gasteiger partial charge in [0.2, 0.25) is 0 Å². The van der Waals surface area contributed by atoms with Gasteiger partial charge in [0.1, 0.15) is 11.3 Å². The van der Waals surface area contributed by atoms with Gasteiger partial charge in [0.15, 0.2) is 0 Å². The number of benzene rings is 1. The third-order valence-corrected chi connectivity index (χ3v) is 4.22. The van der Waals surface area contributed by atoms with Crippen LogP contribution in [0, 0.1) is 11.3 Å². The summed E-state index contributed by atoms with van der Waals surface area (Å²) in [6, 6.07) is 10.9. The number of nitrogens with zero attached hydrogens (tertiary/aromatic N) is 2. The third kappa shape index (κ3) is 5.04. The molecule has 0 saturated carbocycles. The SMILES string of the molecule is CNC(C)(C#N)CCN(C)C(C)Cc1ccccc1OC. The van der Waals surface area contributed by atoms with Crippen LogP contribution in [0.15, 0.2) is 24.3 Å². The molecule has 0 aromatic heterocycles. The second-order valence-corrected chi connectivity index (χ2v) is 5.79. The minimum Gasteiger partial charge on any atom is -0.496 e. The van der Waals surface area contributed by atoms with Gasteiger partial charge in [-0.2, -0.15) is 5.26 Å². The maximum Gasteiger partial charge on any atom is 0.122 e. The van der Waals surface area contributed by atoms with Crippen molar-refractivity contribution < 1.29 is 4.74 Å². The summed E-state index contributed by atoms with van der Waals surface area (Å²) in [4.78, 5) is 2.29. The van der Waals surface area contributed by atoms with Crippen molar-refractivity contribution in [2.75, 3.05) is 27.7 Å². The molecule has 0 aliphatic heterocycles. The number of hydrogen-bond acceptors (Lipinski definition) is 4. The van der Waals surface area contributed by atoms with Crippen molar-refractivity contribution in [2.45, 2.75) is 38.3 Å². The minimum atomic E-state index is -0.460. The Labute approximate surface area is 128 Å². The maximum atomic E-state index is 9.19. The lowest BCUT2D eigenvalue weighted by Gasteiger charge is -2.29. The number of rotatable bonds is 8. The molecule has 0 bridgehead atoms. The quantitative estimate of drug-likeness (QED) is 0.798. The second-order valence-electron chi connectivity index (χ2n) is 5.79. The highest BCUT2D eigenvalue weighted by Gasteiger charge is 2.22. The molecule has 1 aromatic carbocycles. The van der Waals surface area contributed by atoms with Gasteiger partial charge in [-0.25, -0.2) is 0 Å². The highest BCUT2D eigenvalue weighted by molar-refractivity contribution is 5.33. The Bertz CT molecular complexity index is 483. The van der Waals surface area contributed by atoms with Crippen LogP contribution in [0.3, 0.4) is 0 Å². The van der Waals surface area contributed by atoms with Crippen molar-refractivity contribution in [3.05, 3.63) is 29.8 Å². The van der Waals surface area contributed by atoms with E-state index < -0.39 is 5.54 Å². The summed E-state index contributed by atoms with van der Waals surface area (Å²) in [5.41, 5.74) is 0.759. The highest BCUT2D eigenvalue weighted by Crippen LogP contribution is 2.20. The van der Waals surface area contributed by atoms with E-state index in [1.54, 1.807) is 7.11 Å². The summed E-state index contributed by atoms with van der Waals surface area (Å²) in [7, 11) is 5.65. The number of ether oxygens (including phenoxy) is 1. The number of likely N-dealkylation sites (N-methyl/N-ethyl adjacent to an activating group) is 1. The van der Waals surface area contributed by atoms with Gasteiger partial charge < -0.3 is 15.0 Å². The van der Waals surface area contributed by atoms with Crippen LogP contribution < -0.4 is 10.1 Å². The number of para-hydroxylation sites is 1. The van der Waals surface area contributed by atoms with E-state index in [0.29, 0.717) is 6.04 Å². The molecule has 4 nitrogen and oxygen atoms in total. The highest BCUT2D eigenvalue weighted by atomic mass is 16.5. The molecule has 0 radical (unpaired) electrons. The van der Waals surface area contributed by atoms with Gasteiger partial charge in [0.25, 0.3) is 0 Å². The zero-order valence-corrected chi connectivity index (χ0v) is 13.8. The molecule has 0 fully saturated rings. The summed E-state index contributed by atoms with van der Waals surface area (Å²) in [5.74, 6) is 0.940. The number of nitrogens with one attached hydrogen (secondary N) is 1. The Kier molecular flexibility index (Phi) is 6.67. The van der Waals surface area contributed by atoms with Crippen molar-refractivity contribution in [3.8, 4) is 11.8 Å². The van der Waals surface area contributed by atoms with E-state index in [-0.39, 0.29) is 0 Å². The van der Waals surface area contributed by atoms with Crippen molar-refractivity contribution >= 4 is 0 Å². The van der Waals surface area contributed by atoms with Gasteiger partial charge in [0.05, 0.1) is 13.2 Å². The minimum absolute atomic E-state index is 0.390. The predicted octanol–water partition coefficient (Wildman–Crippen LogP) is 2.45. The maximum absolute atomic E-state index is 9.19. The summed E-state index contributed by atoms with van der Waals surface area (Å²) >= 11 is 0. The summed E-state index contributed by atoms with van der Waals surface area (Å²) in [6.07, 6.45) is 1.73. The third-order valence-electron chi connectivity index (χ3n) is 4.22. The second kappa shape index (κ2) is 8.02. The Balaban J connectivity index is 2.59. The molecule has 1 aromatic rings.